The molecule has 0 bridgehead atoms. The molecule has 0 radical (unpaired) electrons. The molecule has 1 aliphatic carbocycles. The second-order valence-electron chi connectivity index (χ2n) is 4.99. The summed E-state index contributed by atoms with van der Waals surface area (Å²) in [4.78, 5) is 1.48. The number of benzene rings is 1. The summed E-state index contributed by atoms with van der Waals surface area (Å²) in [5.74, 6) is 0.709. The topological polar surface area (TPSA) is 12.0 Å². The van der Waals surface area contributed by atoms with E-state index < -0.39 is 0 Å². The Kier molecular flexibility index (Phi) is 3.48. The number of rotatable bonds is 4. The van der Waals surface area contributed by atoms with Gasteiger partial charge in [0.25, 0.3) is 0 Å². The molecule has 0 saturated carbocycles. The highest BCUT2D eigenvalue weighted by Gasteiger charge is 2.29. The van der Waals surface area contributed by atoms with E-state index in [1.54, 1.807) is 11.1 Å². The molecule has 2 aromatic rings. The summed E-state index contributed by atoms with van der Waals surface area (Å²) in [7, 11) is 0. The molecule has 1 aromatic heterocycles. The van der Waals surface area contributed by atoms with Crippen molar-refractivity contribution in [2.45, 2.75) is 25.8 Å². The lowest BCUT2D eigenvalue weighted by Crippen LogP contribution is -2.28. The Labute approximate surface area is 113 Å². The van der Waals surface area contributed by atoms with E-state index in [0.29, 0.717) is 12.0 Å². The summed E-state index contributed by atoms with van der Waals surface area (Å²) in [5.41, 5.74) is 3.09. The lowest BCUT2D eigenvalue weighted by Gasteiger charge is -2.23. The SMILES string of the molecule is CCNC(c1cccs1)C1Cc2ccccc2C1. The van der Waals surface area contributed by atoms with Crippen molar-refractivity contribution >= 4 is 11.3 Å². The molecule has 1 nitrogen and oxygen atoms in total. The highest BCUT2D eigenvalue weighted by Crippen LogP contribution is 2.36. The van der Waals surface area contributed by atoms with Crippen LogP contribution in [0.15, 0.2) is 41.8 Å². The van der Waals surface area contributed by atoms with Gasteiger partial charge in [-0.1, -0.05) is 37.3 Å². The standard InChI is InChI=1S/C16H19NS/c1-2-17-16(15-8-5-9-18-15)14-10-12-6-3-4-7-13(12)11-14/h3-9,14,16-17H,2,10-11H2,1H3. The first-order valence-electron chi connectivity index (χ1n) is 6.72. The monoisotopic (exact) mass is 257 g/mol. The maximum atomic E-state index is 3.67. The van der Waals surface area contributed by atoms with E-state index in [9.17, 15) is 0 Å². The molecule has 94 valence electrons. The quantitative estimate of drug-likeness (QED) is 0.878. The van der Waals surface area contributed by atoms with Gasteiger partial charge in [-0.25, -0.2) is 0 Å². The molecule has 1 unspecified atom stereocenters. The fraction of sp³-hybridized carbons (Fsp3) is 0.375. The highest BCUT2D eigenvalue weighted by atomic mass is 32.1. The van der Waals surface area contributed by atoms with E-state index in [2.05, 4.69) is 54.0 Å². The third-order valence-corrected chi connectivity index (χ3v) is 4.78. The summed E-state index contributed by atoms with van der Waals surface area (Å²) in [5, 5.41) is 5.85. The Morgan fingerprint density at radius 3 is 2.44 bits per heavy atom. The summed E-state index contributed by atoms with van der Waals surface area (Å²) < 4.78 is 0. The van der Waals surface area contributed by atoms with Gasteiger partial charge in [0, 0.05) is 10.9 Å². The van der Waals surface area contributed by atoms with Crippen molar-refractivity contribution in [2.24, 2.45) is 5.92 Å². The second kappa shape index (κ2) is 5.25. The van der Waals surface area contributed by atoms with Gasteiger partial charge in [-0.2, -0.15) is 0 Å². The van der Waals surface area contributed by atoms with Gasteiger partial charge in [-0.3, -0.25) is 0 Å². The minimum Gasteiger partial charge on any atom is -0.309 e. The van der Waals surface area contributed by atoms with Crippen molar-refractivity contribution in [3.8, 4) is 0 Å². The van der Waals surface area contributed by atoms with Gasteiger partial charge in [-0.15, -0.1) is 11.3 Å². The molecule has 1 aliphatic rings. The van der Waals surface area contributed by atoms with Crippen LogP contribution in [-0.2, 0) is 12.8 Å². The van der Waals surface area contributed by atoms with E-state index in [0.717, 1.165) is 6.54 Å². The van der Waals surface area contributed by atoms with Crippen LogP contribution in [0.1, 0.15) is 29.0 Å². The van der Waals surface area contributed by atoms with Crippen LogP contribution in [-0.4, -0.2) is 6.54 Å². The first kappa shape index (κ1) is 11.9. The normalized spacial score (nSPS) is 16.7. The fourth-order valence-corrected chi connectivity index (χ4v) is 3.91. The van der Waals surface area contributed by atoms with Crippen LogP contribution in [0.4, 0.5) is 0 Å². The zero-order chi connectivity index (χ0) is 12.4. The van der Waals surface area contributed by atoms with Crippen molar-refractivity contribution in [1.29, 1.82) is 0 Å². The van der Waals surface area contributed by atoms with Crippen LogP contribution >= 0.6 is 11.3 Å². The number of nitrogens with one attached hydrogen (secondary N) is 1. The van der Waals surface area contributed by atoms with Crippen molar-refractivity contribution in [3.05, 3.63) is 57.8 Å². The molecule has 18 heavy (non-hydrogen) atoms. The molecule has 1 N–H and O–H groups in total. The summed E-state index contributed by atoms with van der Waals surface area (Å²) in [6, 6.07) is 13.8. The van der Waals surface area contributed by atoms with Crippen molar-refractivity contribution in [3.63, 3.8) is 0 Å². The van der Waals surface area contributed by atoms with Gasteiger partial charge in [-0.05, 0) is 47.9 Å². The first-order valence-corrected chi connectivity index (χ1v) is 7.60. The average Bonchev–Trinajstić information content (AvgIpc) is 3.04. The third-order valence-electron chi connectivity index (χ3n) is 3.83. The van der Waals surface area contributed by atoms with Crippen molar-refractivity contribution in [1.82, 2.24) is 5.32 Å². The molecule has 1 aromatic carbocycles. The maximum Gasteiger partial charge on any atom is 0.0449 e. The van der Waals surface area contributed by atoms with Gasteiger partial charge >= 0.3 is 0 Å². The lowest BCUT2D eigenvalue weighted by atomic mass is 9.95. The number of thiophene rings is 1. The van der Waals surface area contributed by atoms with Gasteiger partial charge in [0.2, 0.25) is 0 Å². The van der Waals surface area contributed by atoms with Crippen molar-refractivity contribution in [2.75, 3.05) is 6.54 Å². The molecular weight excluding hydrogens is 238 g/mol. The molecule has 1 heterocycles. The number of hydrogen-bond acceptors (Lipinski definition) is 2. The van der Waals surface area contributed by atoms with Crippen molar-refractivity contribution < 1.29 is 0 Å². The fourth-order valence-electron chi connectivity index (χ4n) is 3.02. The van der Waals surface area contributed by atoms with Crippen LogP contribution in [0, 0.1) is 5.92 Å². The first-order chi connectivity index (χ1) is 8.88. The number of fused-ring (bicyclic) bond motifs is 1. The molecule has 0 fully saturated rings. The second-order valence-corrected chi connectivity index (χ2v) is 5.97. The van der Waals surface area contributed by atoms with Gasteiger partial charge < -0.3 is 5.32 Å². The predicted molar refractivity (Wildman–Crippen MR) is 78.1 cm³/mol. The molecule has 0 saturated heterocycles. The Bertz CT molecular complexity index is 479. The molecule has 2 heteroatoms. The largest absolute Gasteiger partial charge is 0.309 e. The van der Waals surface area contributed by atoms with Crippen LogP contribution < -0.4 is 5.32 Å². The summed E-state index contributed by atoms with van der Waals surface area (Å²) >= 11 is 1.87. The minimum atomic E-state index is 0.516. The molecule has 0 amide bonds. The molecular formula is C16H19NS. The Morgan fingerprint density at radius 2 is 1.89 bits per heavy atom. The Balaban J connectivity index is 1.82. The maximum absolute atomic E-state index is 3.67. The molecule has 0 aliphatic heterocycles. The molecule has 1 atom stereocenters. The van der Waals surface area contributed by atoms with Gasteiger partial charge in [0.15, 0.2) is 0 Å². The third kappa shape index (κ3) is 2.23. The van der Waals surface area contributed by atoms with E-state index in [4.69, 9.17) is 0 Å². The predicted octanol–water partition coefficient (Wildman–Crippen LogP) is 3.81. The highest BCUT2D eigenvalue weighted by molar-refractivity contribution is 7.10. The summed E-state index contributed by atoms with van der Waals surface area (Å²) in [6.45, 7) is 3.23. The Morgan fingerprint density at radius 1 is 1.17 bits per heavy atom. The van der Waals surface area contributed by atoms with Crippen LogP contribution in [0.25, 0.3) is 0 Å². The van der Waals surface area contributed by atoms with Crippen LogP contribution in [0.2, 0.25) is 0 Å². The van der Waals surface area contributed by atoms with Gasteiger partial charge in [0.1, 0.15) is 0 Å². The summed E-state index contributed by atoms with van der Waals surface area (Å²) in [6.07, 6.45) is 2.43. The molecule has 3 rings (SSSR count). The van der Waals surface area contributed by atoms with E-state index >= 15 is 0 Å². The van der Waals surface area contributed by atoms with Crippen LogP contribution in [0.5, 0.6) is 0 Å². The zero-order valence-electron chi connectivity index (χ0n) is 10.7. The lowest BCUT2D eigenvalue weighted by molar-refractivity contribution is 0.386. The molecule has 0 spiro atoms. The van der Waals surface area contributed by atoms with E-state index in [-0.39, 0.29) is 0 Å². The Hall–Kier alpha value is -1.12. The van der Waals surface area contributed by atoms with Gasteiger partial charge in [0.05, 0.1) is 0 Å². The zero-order valence-corrected chi connectivity index (χ0v) is 11.5. The van der Waals surface area contributed by atoms with E-state index in [1.165, 1.54) is 17.7 Å². The minimum absolute atomic E-state index is 0.516. The average molecular weight is 257 g/mol. The smallest absolute Gasteiger partial charge is 0.0449 e. The van der Waals surface area contributed by atoms with E-state index in [1.807, 2.05) is 11.3 Å². The van der Waals surface area contributed by atoms with Crippen LogP contribution in [0.3, 0.4) is 0 Å². The number of hydrogen-bond donors (Lipinski definition) is 1.